The van der Waals surface area contributed by atoms with Gasteiger partial charge >= 0.3 is 6.18 Å². The fraction of sp³-hybridized carbons (Fsp3) is 0.269. The highest BCUT2D eigenvalue weighted by molar-refractivity contribution is 6.31. The summed E-state index contributed by atoms with van der Waals surface area (Å²) in [6, 6.07) is 6.30. The van der Waals surface area contributed by atoms with Gasteiger partial charge in [0.1, 0.15) is 23.3 Å². The van der Waals surface area contributed by atoms with Crippen LogP contribution in [0.15, 0.2) is 47.5 Å². The molecule has 2 amide bonds. The molecule has 11 nitrogen and oxygen atoms in total. The van der Waals surface area contributed by atoms with Gasteiger partial charge < -0.3 is 20.4 Å². The van der Waals surface area contributed by atoms with Crippen LogP contribution in [-0.4, -0.2) is 50.0 Å². The molecule has 1 atom stereocenters. The summed E-state index contributed by atoms with van der Waals surface area (Å²) in [6.07, 6.45) is -1.78. The van der Waals surface area contributed by atoms with Gasteiger partial charge in [0, 0.05) is 28.8 Å². The van der Waals surface area contributed by atoms with Gasteiger partial charge in [-0.1, -0.05) is 23.7 Å². The number of hydrogen-bond acceptors (Lipinski definition) is 6. The average Bonchev–Trinajstić information content (AvgIpc) is 3.58. The van der Waals surface area contributed by atoms with E-state index in [4.69, 9.17) is 16.3 Å². The second-order valence-corrected chi connectivity index (χ2v) is 9.65. The number of methoxy groups -OCH3 is 1. The van der Waals surface area contributed by atoms with Crippen LogP contribution in [0.3, 0.4) is 0 Å². The molecular formula is C26H23ClF3N7O4. The number of pyridine rings is 1. The molecule has 0 saturated heterocycles. The first-order valence-electron chi connectivity index (χ1n) is 12.4. The molecule has 41 heavy (non-hydrogen) atoms. The van der Waals surface area contributed by atoms with Gasteiger partial charge in [-0.2, -0.15) is 13.2 Å². The van der Waals surface area contributed by atoms with E-state index in [1.54, 1.807) is 13.0 Å². The number of rotatable bonds is 7. The summed E-state index contributed by atoms with van der Waals surface area (Å²) >= 11 is 6.21. The number of alkyl halides is 3. The number of carbonyl (C=O) groups excluding carboxylic acids is 2. The zero-order valence-electron chi connectivity index (χ0n) is 21.7. The summed E-state index contributed by atoms with van der Waals surface area (Å²) in [5.74, 6) is -0.297. The maximum atomic E-state index is 13.4. The summed E-state index contributed by atoms with van der Waals surface area (Å²) in [5, 5.41) is 12.5. The lowest BCUT2D eigenvalue weighted by Gasteiger charge is -2.20. The van der Waals surface area contributed by atoms with Crippen molar-refractivity contribution in [2.24, 2.45) is 0 Å². The molecule has 15 heteroatoms. The smallest absolute Gasteiger partial charge is 0.436 e. The van der Waals surface area contributed by atoms with E-state index in [0.717, 1.165) is 16.4 Å². The van der Waals surface area contributed by atoms with Crippen LogP contribution < -0.4 is 20.9 Å². The number of amides is 2. The summed E-state index contributed by atoms with van der Waals surface area (Å²) in [5.41, 5.74) is 0.00719. The lowest BCUT2D eigenvalue weighted by atomic mass is 10.0. The van der Waals surface area contributed by atoms with Crippen molar-refractivity contribution in [2.75, 3.05) is 19.0 Å². The highest BCUT2D eigenvalue weighted by atomic mass is 35.5. The highest BCUT2D eigenvalue weighted by Crippen LogP contribution is 2.36. The Morgan fingerprint density at radius 1 is 1.20 bits per heavy atom. The molecule has 5 rings (SSSR count). The Bertz CT molecular complexity index is 1710. The molecule has 1 aliphatic rings. The minimum atomic E-state index is -4.70. The Kier molecular flexibility index (Phi) is 7.34. The van der Waals surface area contributed by atoms with Gasteiger partial charge in [-0.15, -0.1) is 5.10 Å². The second kappa shape index (κ2) is 10.8. The van der Waals surface area contributed by atoms with E-state index in [-0.39, 0.29) is 39.9 Å². The Morgan fingerprint density at radius 3 is 2.63 bits per heavy atom. The van der Waals surface area contributed by atoms with Crippen LogP contribution in [0.4, 0.5) is 19.0 Å². The zero-order chi connectivity index (χ0) is 29.5. The molecule has 0 fully saturated rings. The van der Waals surface area contributed by atoms with Crippen molar-refractivity contribution in [3.8, 4) is 22.6 Å². The van der Waals surface area contributed by atoms with Crippen molar-refractivity contribution >= 4 is 29.2 Å². The molecule has 0 saturated carbocycles. The van der Waals surface area contributed by atoms with Crippen molar-refractivity contribution in [3.05, 3.63) is 75.1 Å². The molecule has 3 aromatic heterocycles. The number of benzene rings is 1. The predicted molar refractivity (Wildman–Crippen MR) is 142 cm³/mol. The third-order valence-electron chi connectivity index (χ3n) is 6.63. The van der Waals surface area contributed by atoms with Crippen molar-refractivity contribution in [1.29, 1.82) is 0 Å². The average molecular weight is 590 g/mol. The molecule has 0 bridgehead atoms. The maximum Gasteiger partial charge on any atom is 0.436 e. The summed E-state index contributed by atoms with van der Waals surface area (Å²) in [4.78, 5) is 41.6. The zero-order valence-corrected chi connectivity index (χ0v) is 22.4. The number of fused-ring (bicyclic) bond motifs is 1. The van der Waals surface area contributed by atoms with Crippen molar-refractivity contribution in [1.82, 2.24) is 29.9 Å². The van der Waals surface area contributed by atoms with Gasteiger partial charge in [-0.05, 0) is 42.7 Å². The standard InChI is InChI=1S/C26H23ClF3N7O4/c1-3-17(24(39)33-21-8-13-6-7-31-25(40)23(13)32-21)36-11-19(41-2)16(10-22(36)38)15-9-14(27)4-5-18(15)37-12-20(34-35-37)26(28,29)30/h4-5,8-12,17,32H,3,6-7H2,1-2H3,(H,31,40)(H,33,39). The number of H-pyrrole nitrogens is 1. The van der Waals surface area contributed by atoms with Crippen LogP contribution in [-0.2, 0) is 17.4 Å². The molecule has 3 N–H and O–H groups in total. The normalized spacial score (nSPS) is 13.9. The quantitative estimate of drug-likeness (QED) is 0.298. The van der Waals surface area contributed by atoms with E-state index in [0.29, 0.717) is 24.5 Å². The summed E-state index contributed by atoms with van der Waals surface area (Å²) < 4.78 is 47.1. The van der Waals surface area contributed by atoms with Crippen LogP contribution in [0.2, 0.25) is 5.02 Å². The van der Waals surface area contributed by atoms with Gasteiger partial charge in [-0.25, -0.2) is 4.68 Å². The number of nitrogens with zero attached hydrogens (tertiary/aromatic N) is 4. The monoisotopic (exact) mass is 589 g/mol. The molecule has 214 valence electrons. The number of halogens is 4. The summed E-state index contributed by atoms with van der Waals surface area (Å²) in [6.45, 7) is 2.22. The van der Waals surface area contributed by atoms with Crippen LogP contribution >= 0.6 is 11.6 Å². The third kappa shape index (κ3) is 5.42. The first-order valence-corrected chi connectivity index (χ1v) is 12.8. The molecule has 0 aliphatic carbocycles. The SMILES string of the molecule is CCC(C(=O)Nc1cc2c([nH]1)C(=O)NCC2)n1cc(OC)c(-c2cc(Cl)ccc2-n2cc(C(F)(F)F)nn2)cc1=O. The largest absolute Gasteiger partial charge is 0.495 e. The number of aromatic amines is 1. The van der Waals surface area contributed by atoms with Gasteiger partial charge in [0.2, 0.25) is 5.91 Å². The topological polar surface area (TPSA) is 136 Å². The number of anilines is 1. The molecular weight excluding hydrogens is 567 g/mol. The van der Waals surface area contributed by atoms with E-state index in [1.165, 1.54) is 42.1 Å². The number of aromatic nitrogens is 5. The Morgan fingerprint density at radius 2 is 1.98 bits per heavy atom. The third-order valence-corrected chi connectivity index (χ3v) is 6.87. The van der Waals surface area contributed by atoms with E-state index in [1.807, 2.05) is 0 Å². The molecule has 1 unspecified atom stereocenters. The molecule has 0 spiro atoms. The fourth-order valence-corrected chi connectivity index (χ4v) is 4.84. The molecule has 0 radical (unpaired) electrons. The Balaban J connectivity index is 1.51. The first kappa shape index (κ1) is 28.0. The minimum Gasteiger partial charge on any atom is -0.495 e. The van der Waals surface area contributed by atoms with Crippen LogP contribution in [0, 0.1) is 0 Å². The lowest BCUT2D eigenvalue weighted by molar-refractivity contribution is -0.141. The molecule has 1 aromatic carbocycles. The van der Waals surface area contributed by atoms with E-state index in [9.17, 15) is 27.6 Å². The number of carbonyl (C=O) groups is 2. The second-order valence-electron chi connectivity index (χ2n) is 9.21. The maximum absolute atomic E-state index is 13.4. The Hall–Kier alpha value is -4.59. The van der Waals surface area contributed by atoms with Crippen LogP contribution in [0.25, 0.3) is 16.8 Å². The van der Waals surface area contributed by atoms with E-state index in [2.05, 4.69) is 25.9 Å². The minimum absolute atomic E-state index is 0.155. The van der Waals surface area contributed by atoms with Gasteiger partial charge in [0.05, 0.1) is 25.2 Å². The number of ether oxygens (including phenoxy) is 1. The fourth-order valence-electron chi connectivity index (χ4n) is 4.67. The molecule has 4 aromatic rings. The van der Waals surface area contributed by atoms with Crippen molar-refractivity contribution < 1.29 is 27.5 Å². The molecule has 1 aliphatic heterocycles. The number of nitrogens with one attached hydrogen (secondary N) is 3. The predicted octanol–water partition coefficient (Wildman–Crippen LogP) is 3.98. The van der Waals surface area contributed by atoms with Gasteiger partial charge in [0.15, 0.2) is 5.69 Å². The van der Waals surface area contributed by atoms with Crippen LogP contribution in [0.1, 0.15) is 41.1 Å². The first-order chi connectivity index (χ1) is 19.5. The highest BCUT2D eigenvalue weighted by Gasteiger charge is 2.35. The molecule has 4 heterocycles. The van der Waals surface area contributed by atoms with Gasteiger partial charge in [0.25, 0.3) is 11.5 Å². The van der Waals surface area contributed by atoms with E-state index >= 15 is 0 Å². The van der Waals surface area contributed by atoms with Crippen molar-refractivity contribution in [2.45, 2.75) is 32.0 Å². The van der Waals surface area contributed by atoms with E-state index < -0.39 is 29.4 Å². The van der Waals surface area contributed by atoms with Gasteiger partial charge in [-0.3, -0.25) is 19.0 Å². The van der Waals surface area contributed by atoms with Crippen molar-refractivity contribution in [3.63, 3.8) is 0 Å². The summed E-state index contributed by atoms with van der Waals surface area (Å²) in [7, 11) is 1.35. The lowest BCUT2D eigenvalue weighted by Crippen LogP contribution is -2.33. The number of hydrogen-bond donors (Lipinski definition) is 3. The Labute approximate surface area is 235 Å². The van der Waals surface area contributed by atoms with Crippen LogP contribution in [0.5, 0.6) is 5.75 Å².